The third-order valence-electron chi connectivity index (χ3n) is 14.2. The fourth-order valence-electron chi connectivity index (χ4n) is 12.2. The highest BCUT2D eigenvalue weighted by Gasteiger charge is 2.57. The van der Waals surface area contributed by atoms with Crippen LogP contribution in [0.25, 0.3) is 0 Å². The predicted octanol–water partition coefficient (Wildman–Crippen LogP) is 6.71. The molecule has 0 saturated heterocycles. The van der Waals surface area contributed by atoms with Crippen molar-refractivity contribution < 1.29 is 38.1 Å². The Morgan fingerprint density at radius 1 is 0.500 bits per heavy atom. The summed E-state index contributed by atoms with van der Waals surface area (Å²) in [5.41, 5.74) is 0.904. The van der Waals surface area contributed by atoms with Crippen molar-refractivity contribution in [1.29, 1.82) is 0 Å². The van der Waals surface area contributed by atoms with Gasteiger partial charge in [0, 0.05) is 11.1 Å². The third kappa shape index (κ3) is 6.75. The number of hydrogen-bond acceptors (Lipinski definition) is 8. The van der Waals surface area contributed by atoms with Crippen molar-refractivity contribution in [3.63, 3.8) is 0 Å². The van der Waals surface area contributed by atoms with Crippen LogP contribution in [-0.2, 0) is 38.1 Å². The molecule has 7 aliphatic carbocycles. The zero-order valence-corrected chi connectivity index (χ0v) is 29.1. The molecular formula is C40H56O8. The normalized spacial score (nSPS) is 41.8. The van der Waals surface area contributed by atoms with E-state index in [2.05, 4.69) is 13.2 Å². The fourth-order valence-corrected chi connectivity index (χ4v) is 12.2. The Morgan fingerprint density at radius 2 is 0.917 bits per heavy atom. The number of esters is 4. The molecule has 7 aliphatic rings. The van der Waals surface area contributed by atoms with Gasteiger partial charge in [-0.3, -0.25) is 9.59 Å². The van der Waals surface area contributed by atoms with Crippen LogP contribution in [0.2, 0.25) is 0 Å². The number of ether oxygens (including phenoxy) is 4. The van der Waals surface area contributed by atoms with Gasteiger partial charge in [-0.1, -0.05) is 19.6 Å². The standard InChI is InChI=1S/C40H56O8/c1-21(2)37(41)45-17-23-8-31-28-14-30(34(16-28)35(31)10-23)20-48-40(44)26-7-5-6-25(12-26)39(43)46-18-24-9-32-27-13-29(19-47-38(42)22(3)4)33(15-27)36(32)11-24/h23-36H,1,3,5-20H2,2,4H3. The van der Waals surface area contributed by atoms with Crippen LogP contribution < -0.4 is 0 Å². The summed E-state index contributed by atoms with van der Waals surface area (Å²) in [4.78, 5) is 50.2. The second-order valence-corrected chi connectivity index (χ2v) is 17.2. The van der Waals surface area contributed by atoms with Gasteiger partial charge in [-0.2, -0.15) is 0 Å². The summed E-state index contributed by atoms with van der Waals surface area (Å²) in [5, 5.41) is 0. The molecule has 7 rings (SSSR count). The lowest BCUT2D eigenvalue weighted by molar-refractivity contribution is -0.157. The van der Waals surface area contributed by atoms with Crippen molar-refractivity contribution in [2.24, 2.45) is 82.9 Å². The van der Waals surface area contributed by atoms with Crippen LogP contribution in [-0.4, -0.2) is 50.3 Å². The Hall–Kier alpha value is -2.64. The van der Waals surface area contributed by atoms with Crippen LogP contribution in [0.3, 0.4) is 0 Å². The monoisotopic (exact) mass is 664 g/mol. The first-order valence-electron chi connectivity index (χ1n) is 19.0. The van der Waals surface area contributed by atoms with E-state index in [0.29, 0.717) is 109 Å². The minimum absolute atomic E-state index is 0.134. The second kappa shape index (κ2) is 13.9. The number of carbonyl (C=O) groups is 4. The highest BCUT2D eigenvalue weighted by molar-refractivity contribution is 5.87. The van der Waals surface area contributed by atoms with Crippen molar-refractivity contribution in [2.75, 3.05) is 26.4 Å². The van der Waals surface area contributed by atoms with Gasteiger partial charge in [0.2, 0.25) is 0 Å². The molecule has 8 nitrogen and oxygen atoms in total. The van der Waals surface area contributed by atoms with Crippen LogP contribution in [0.1, 0.15) is 90.9 Å². The molecule has 0 radical (unpaired) electrons. The molecule has 0 aromatic rings. The molecule has 7 saturated carbocycles. The highest BCUT2D eigenvalue weighted by Crippen LogP contribution is 2.63. The summed E-state index contributed by atoms with van der Waals surface area (Å²) in [7, 11) is 0. The van der Waals surface area contributed by atoms with Gasteiger partial charge < -0.3 is 18.9 Å². The predicted molar refractivity (Wildman–Crippen MR) is 178 cm³/mol. The van der Waals surface area contributed by atoms with Gasteiger partial charge in [-0.05, 0) is 155 Å². The van der Waals surface area contributed by atoms with Crippen LogP contribution in [0, 0.1) is 82.9 Å². The van der Waals surface area contributed by atoms with Gasteiger partial charge in [-0.15, -0.1) is 0 Å². The van der Waals surface area contributed by atoms with Crippen molar-refractivity contribution in [1.82, 2.24) is 0 Å². The minimum Gasteiger partial charge on any atom is -0.465 e. The van der Waals surface area contributed by atoms with Gasteiger partial charge in [0.1, 0.15) is 0 Å². The number of fused-ring (bicyclic) bond motifs is 10. The molecule has 4 bridgehead atoms. The molecule has 0 aromatic carbocycles. The van der Waals surface area contributed by atoms with Crippen LogP contribution >= 0.6 is 0 Å². The first kappa shape index (κ1) is 33.8. The summed E-state index contributed by atoms with van der Waals surface area (Å²) in [6, 6.07) is 0. The lowest BCUT2D eigenvalue weighted by atomic mass is 9.76. The van der Waals surface area contributed by atoms with Crippen molar-refractivity contribution in [3.8, 4) is 0 Å². The number of hydrogen-bond donors (Lipinski definition) is 0. The highest BCUT2D eigenvalue weighted by atomic mass is 16.5. The molecular weight excluding hydrogens is 608 g/mol. The summed E-state index contributed by atoms with van der Waals surface area (Å²) in [6.07, 6.45) is 12.2. The van der Waals surface area contributed by atoms with Crippen molar-refractivity contribution in [3.05, 3.63) is 24.3 Å². The summed E-state index contributed by atoms with van der Waals surface area (Å²) in [6.45, 7) is 12.7. The molecule has 0 N–H and O–H groups in total. The maximum atomic E-state index is 13.2. The largest absolute Gasteiger partial charge is 0.465 e. The Bertz CT molecular complexity index is 1300. The maximum Gasteiger partial charge on any atom is 0.333 e. The lowest BCUT2D eigenvalue weighted by Gasteiger charge is -2.32. The van der Waals surface area contributed by atoms with Gasteiger partial charge in [-0.25, -0.2) is 9.59 Å². The van der Waals surface area contributed by atoms with Gasteiger partial charge in [0.25, 0.3) is 0 Å². The molecule has 0 amide bonds. The molecule has 7 fully saturated rings. The summed E-state index contributed by atoms with van der Waals surface area (Å²) in [5.74, 6) is 5.72. The third-order valence-corrected chi connectivity index (χ3v) is 14.2. The Balaban J connectivity index is 0.818. The Labute approximate surface area is 286 Å². The average Bonchev–Trinajstić information content (AvgIpc) is 3.91. The zero-order valence-electron chi connectivity index (χ0n) is 29.1. The average molecular weight is 665 g/mol. The van der Waals surface area contributed by atoms with E-state index in [-0.39, 0.29) is 35.7 Å². The topological polar surface area (TPSA) is 105 Å². The molecule has 0 aliphatic heterocycles. The quantitative estimate of drug-likeness (QED) is 0.129. The number of rotatable bonds is 12. The van der Waals surface area contributed by atoms with E-state index in [1.165, 1.54) is 12.8 Å². The SMILES string of the molecule is C=C(C)C(=O)OCC1CC2C3CC(COC(=O)C4CCCC(C(=O)OCC5CC6C7CC(COC(=O)C(=C)C)C(C7)C6C5)C4)C(C3)C2C1. The molecule has 14 atom stereocenters. The van der Waals surface area contributed by atoms with E-state index in [0.717, 1.165) is 63.7 Å². The smallest absolute Gasteiger partial charge is 0.333 e. The molecule has 0 aromatic heterocycles. The first-order valence-corrected chi connectivity index (χ1v) is 19.0. The van der Waals surface area contributed by atoms with Crippen LogP contribution in [0.5, 0.6) is 0 Å². The summed E-state index contributed by atoms with van der Waals surface area (Å²) >= 11 is 0. The maximum absolute atomic E-state index is 13.2. The minimum atomic E-state index is -0.295. The molecule has 48 heavy (non-hydrogen) atoms. The van der Waals surface area contributed by atoms with Crippen molar-refractivity contribution in [2.45, 2.75) is 90.9 Å². The van der Waals surface area contributed by atoms with E-state index < -0.39 is 0 Å². The second-order valence-electron chi connectivity index (χ2n) is 17.2. The van der Waals surface area contributed by atoms with Crippen molar-refractivity contribution >= 4 is 23.9 Å². The molecule has 0 spiro atoms. The van der Waals surface area contributed by atoms with Gasteiger partial charge in [0.05, 0.1) is 38.3 Å². The van der Waals surface area contributed by atoms with Gasteiger partial charge >= 0.3 is 23.9 Å². The molecule has 0 heterocycles. The molecule has 264 valence electrons. The Kier molecular flexibility index (Phi) is 9.82. The van der Waals surface area contributed by atoms with E-state index >= 15 is 0 Å². The molecule has 14 unspecified atom stereocenters. The fraction of sp³-hybridized carbons (Fsp3) is 0.800. The van der Waals surface area contributed by atoms with E-state index in [4.69, 9.17) is 18.9 Å². The van der Waals surface area contributed by atoms with E-state index in [9.17, 15) is 19.2 Å². The van der Waals surface area contributed by atoms with E-state index in [1.807, 2.05) is 0 Å². The lowest BCUT2D eigenvalue weighted by Crippen LogP contribution is -2.32. The molecule has 8 heteroatoms. The summed E-state index contributed by atoms with van der Waals surface area (Å²) < 4.78 is 22.9. The Morgan fingerprint density at radius 3 is 1.42 bits per heavy atom. The number of carbonyl (C=O) groups excluding carboxylic acids is 4. The van der Waals surface area contributed by atoms with Crippen LogP contribution in [0.15, 0.2) is 24.3 Å². The van der Waals surface area contributed by atoms with E-state index in [1.54, 1.807) is 13.8 Å². The van der Waals surface area contributed by atoms with Crippen LogP contribution in [0.4, 0.5) is 0 Å². The first-order chi connectivity index (χ1) is 23.0. The van der Waals surface area contributed by atoms with Gasteiger partial charge in [0.15, 0.2) is 0 Å². The zero-order chi connectivity index (χ0) is 33.7.